The number of amides is 1. The van der Waals surface area contributed by atoms with Crippen LogP contribution in [0.2, 0.25) is 0 Å². The molecule has 3 aromatic rings. The van der Waals surface area contributed by atoms with Gasteiger partial charge in [-0.1, -0.05) is 30.3 Å². The number of aryl methyl sites for hydroxylation is 2. The Bertz CT molecular complexity index is 959. The maximum absolute atomic E-state index is 12.4. The molecule has 1 atom stereocenters. The monoisotopic (exact) mass is 334 g/mol. The number of rotatable bonds is 2. The van der Waals surface area contributed by atoms with Crippen LogP contribution in [0.15, 0.2) is 36.4 Å². The van der Waals surface area contributed by atoms with Gasteiger partial charge in [0.25, 0.3) is 5.91 Å². The maximum atomic E-state index is 12.4. The van der Waals surface area contributed by atoms with Crippen LogP contribution in [0.3, 0.4) is 0 Å². The zero-order valence-electron chi connectivity index (χ0n) is 14.8. The minimum Gasteiger partial charge on any atom is -0.376 e. The summed E-state index contributed by atoms with van der Waals surface area (Å²) in [7, 11) is 3.67. The lowest BCUT2D eigenvalue weighted by atomic mass is 9.89. The van der Waals surface area contributed by atoms with Crippen LogP contribution >= 0.6 is 0 Å². The van der Waals surface area contributed by atoms with E-state index in [1.165, 1.54) is 5.56 Å². The van der Waals surface area contributed by atoms with Crippen molar-refractivity contribution in [2.45, 2.75) is 25.8 Å². The van der Waals surface area contributed by atoms with Gasteiger partial charge in [-0.15, -0.1) is 0 Å². The molecule has 0 saturated heterocycles. The first kappa shape index (κ1) is 15.7. The molecule has 2 heterocycles. The first-order valence-electron chi connectivity index (χ1n) is 8.62. The van der Waals surface area contributed by atoms with Crippen molar-refractivity contribution in [3.63, 3.8) is 0 Å². The molecule has 1 unspecified atom stereocenters. The molecule has 2 N–H and O–H groups in total. The van der Waals surface area contributed by atoms with Gasteiger partial charge in [0.15, 0.2) is 0 Å². The average molecular weight is 334 g/mol. The Labute approximate surface area is 147 Å². The van der Waals surface area contributed by atoms with E-state index in [-0.39, 0.29) is 11.9 Å². The van der Waals surface area contributed by atoms with Crippen LogP contribution < -0.4 is 10.6 Å². The van der Waals surface area contributed by atoms with Gasteiger partial charge in [0.05, 0.1) is 17.2 Å². The number of nitrogens with one attached hydrogen (secondary N) is 2. The van der Waals surface area contributed by atoms with Crippen LogP contribution in [0.5, 0.6) is 0 Å². The lowest BCUT2D eigenvalue weighted by Crippen LogP contribution is -2.24. The third kappa shape index (κ3) is 2.47. The molecule has 4 rings (SSSR count). The van der Waals surface area contributed by atoms with Gasteiger partial charge < -0.3 is 15.2 Å². The molecule has 0 fully saturated rings. The SMILES string of the molecule is CNC(=O)c1cc2c(nc(C)n2C)c2c1CCC(c1ccccc1)N2. The average Bonchev–Trinajstić information content (AvgIpc) is 2.95. The molecule has 5 heteroatoms. The summed E-state index contributed by atoms with van der Waals surface area (Å²) in [5.41, 5.74) is 6.00. The van der Waals surface area contributed by atoms with Crippen molar-refractivity contribution in [2.75, 3.05) is 12.4 Å². The molecule has 0 aliphatic carbocycles. The first-order valence-corrected chi connectivity index (χ1v) is 8.62. The fraction of sp³-hybridized carbons (Fsp3) is 0.300. The molecule has 1 aliphatic rings. The van der Waals surface area contributed by atoms with E-state index < -0.39 is 0 Å². The summed E-state index contributed by atoms with van der Waals surface area (Å²) in [5, 5.41) is 6.43. The highest BCUT2D eigenvalue weighted by molar-refractivity contribution is 6.04. The second kappa shape index (κ2) is 5.92. The zero-order valence-corrected chi connectivity index (χ0v) is 14.8. The third-order valence-corrected chi connectivity index (χ3v) is 5.18. The number of nitrogens with zero attached hydrogens (tertiary/aromatic N) is 2. The summed E-state index contributed by atoms with van der Waals surface area (Å²) in [6.07, 6.45) is 1.81. The summed E-state index contributed by atoms with van der Waals surface area (Å²) in [5.74, 6) is 0.895. The van der Waals surface area contributed by atoms with Crippen LogP contribution in [-0.4, -0.2) is 22.5 Å². The molecule has 2 aromatic carbocycles. The van der Waals surface area contributed by atoms with Crippen LogP contribution in [0.1, 0.15) is 39.8 Å². The highest BCUT2D eigenvalue weighted by Gasteiger charge is 2.27. The highest BCUT2D eigenvalue weighted by Crippen LogP contribution is 2.39. The molecule has 0 spiro atoms. The summed E-state index contributed by atoms with van der Waals surface area (Å²) in [6.45, 7) is 1.99. The molecule has 25 heavy (non-hydrogen) atoms. The number of benzene rings is 2. The van der Waals surface area contributed by atoms with E-state index >= 15 is 0 Å². The van der Waals surface area contributed by atoms with E-state index in [1.54, 1.807) is 7.05 Å². The van der Waals surface area contributed by atoms with Gasteiger partial charge in [0.1, 0.15) is 11.3 Å². The fourth-order valence-electron chi connectivity index (χ4n) is 3.70. The molecule has 5 nitrogen and oxygen atoms in total. The van der Waals surface area contributed by atoms with Crippen molar-refractivity contribution in [1.82, 2.24) is 14.9 Å². The second-order valence-corrected chi connectivity index (χ2v) is 6.59. The highest BCUT2D eigenvalue weighted by atomic mass is 16.1. The van der Waals surface area contributed by atoms with Gasteiger partial charge in [-0.05, 0) is 37.0 Å². The Morgan fingerprint density at radius 1 is 1.32 bits per heavy atom. The minimum atomic E-state index is -0.0445. The van der Waals surface area contributed by atoms with Crippen molar-refractivity contribution in [2.24, 2.45) is 7.05 Å². The maximum Gasteiger partial charge on any atom is 0.251 e. The Hall–Kier alpha value is -2.82. The Kier molecular flexibility index (Phi) is 3.71. The summed E-state index contributed by atoms with van der Waals surface area (Å²) in [4.78, 5) is 17.2. The first-order chi connectivity index (χ1) is 12.1. The quantitative estimate of drug-likeness (QED) is 0.756. The Morgan fingerprint density at radius 3 is 2.80 bits per heavy atom. The van der Waals surface area contributed by atoms with E-state index in [4.69, 9.17) is 4.98 Å². The van der Waals surface area contributed by atoms with Crippen molar-refractivity contribution >= 4 is 22.6 Å². The Balaban J connectivity index is 1.90. The Morgan fingerprint density at radius 2 is 2.08 bits per heavy atom. The molecular formula is C20H22N4O. The zero-order chi connectivity index (χ0) is 17.6. The van der Waals surface area contributed by atoms with Gasteiger partial charge in [0, 0.05) is 19.7 Å². The topological polar surface area (TPSA) is 59.0 Å². The summed E-state index contributed by atoms with van der Waals surface area (Å²) in [6, 6.07) is 12.7. The molecule has 0 radical (unpaired) electrons. The van der Waals surface area contributed by atoms with Gasteiger partial charge in [-0.2, -0.15) is 0 Å². The number of hydrogen-bond donors (Lipinski definition) is 2. The smallest absolute Gasteiger partial charge is 0.251 e. The fourth-order valence-corrected chi connectivity index (χ4v) is 3.70. The van der Waals surface area contributed by atoms with Crippen molar-refractivity contribution < 1.29 is 4.79 Å². The molecule has 0 bridgehead atoms. The van der Waals surface area contributed by atoms with E-state index in [2.05, 4.69) is 34.9 Å². The van der Waals surface area contributed by atoms with Crippen LogP contribution in [0.25, 0.3) is 11.0 Å². The van der Waals surface area contributed by atoms with E-state index in [9.17, 15) is 4.79 Å². The minimum absolute atomic E-state index is 0.0445. The number of imidazole rings is 1. The van der Waals surface area contributed by atoms with Crippen molar-refractivity contribution in [3.8, 4) is 0 Å². The number of fused-ring (bicyclic) bond motifs is 3. The molecule has 1 aliphatic heterocycles. The van der Waals surface area contributed by atoms with Crippen LogP contribution in [-0.2, 0) is 13.5 Å². The van der Waals surface area contributed by atoms with Crippen molar-refractivity contribution in [3.05, 3.63) is 58.9 Å². The lowest BCUT2D eigenvalue weighted by molar-refractivity contribution is 0.0962. The van der Waals surface area contributed by atoms with Crippen LogP contribution in [0, 0.1) is 6.92 Å². The second-order valence-electron chi connectivity index (χ2n) is 6.59. The van der Waals surface area contributed by atoms with Gasteiger partial charge >= 0.3 is 0 Å². The largest absolute Gasteiger partial charge is 0.376 e. The van der Waals surface area contributed by atoms with E-state index in [0.29, 0.717) is 0 Å². The van der Waals surface area contributed by atoms with Gasteiger partial charge in [-0.25, -0.2) is 4.98 Å². The number of aromatic nitrogens is 2. The molecule has 1 aromatic heterocycles. The predicted octanol–water partition coefficient (Wildman–Crippen LogP) is 3.34. The number of anilines is 1. The van der Waals surface area contributed by atoms with Gasteiger partial charge in [-0.3, -0.25) is 4.79 Å². The molecule has 0 saturated carbocycles. The van der Waals surface area contributed by atoms with E-state index in [1.807, 2.05) is 30.7 Å². The summed E-state index contributed by atoms with van der Waals surface area (Å²) < 4.78 is 2.04. The number of carbonyl (C=O) groups excluding carboxylic acids is 1. The molecule has 128 valence electrons. The van der Waals surface area contributed by atoms with E-state index in [0.717, 1.165) is 46.5 Å². The normalized spacial score (nSPS) is 16.4. The van der Waals surface area contributed by atoms with Crippen LogP contribution in [0.4, 0.5) is 5.69 Å². The van der Waals surface area contributed by atoms with Gasteiger partial charge in [0.2, 0.25) is 0 Å². The standard InChI is InChI=1S/C20H22N4O/c1-12-22-19-17(24(12)3)11-15(20(25)21-2)14-9-10-16(23-18(14)19)13-7-5-4-6-8-13/h4-8,11,16,23H,9-10H2,1-3H3,(H,21,25). The lowest BCUT2D eigenvalue weighted by Gasteiger charge is -2.29. The summed E-state index contributed by atoms with van der Waals surface area (Å²) >= 11 is 0. The molecule has 1 amide bonds. The molecular weight excluding hydrogens is 312 g/mol. The number of hydrogen-bond acceptors (Lipinski definition) is 3. The number of carbonyl (C=O) groups is 1. The van der Waals surface area contributed by atoms with Crippen molar-refractivity contribution in [1.29, 1.82) is 0 Å². The third-order valence-electron chi connectivity index (χ3n) is 5.18. The predicted molar refractivity (Wildman–Crippen MR) is 100.0 cm³/mol.